The largest absolute Gasteiger partial charge is 0.393 e. The van der Waals surface area contributed by atoms with Crippen LogP contribution in [0.4, 0.5) is 0 Å². The van der Waals surface area contributed by atoms with E-state index in [1.165, 1.54) is 0 Å². The first-order valence-corrected chi connectivity index (χ1v) is 3.73. The minimum atomic E-state index is -0.155. The summed E-state index contributed by atoms with van der Waals surface area (Å²) in [5.41, 5.74) is 0. The fourth-order valence-corrected chi connectivity index (χ4v) is 0.724. The third kappa shape index (κ3) is 7.44. The monoisotopic (exact) mass is 140 g/mol. The first-order valence-electron chi connectivity index (χ1n) is 3.73. The van der Waals surface area contributed by atoms with Crippen LogP contribution < -0.4 is 0 Å². The molecule has 0 aromatic heterocycles. The lowest BCUT2D eigenvalue weighted by Crippen LogP contribution is -1.97. The van der Waals surface area contributed by atoms with Crippen LogP contribution in [0.15, 0.2) is 24.8 Å². The van der Waals surface area contributed by atoms with Gasteiger partial charge in [-0.15, -0.1) is 0 Å². The Morgan fingerprint density at radius 2 is 2.30 bits per heavy atom. The van der Waals surface area contributed by atoms with Gasteiger partial charge in [-0.3, -0.25) is 0 Å². The Morgan fingerprint density at radius 1 is 1.60 bits per heavy atom. The maximum atomic E-state index is 8.86. The van der Waals surface area contributed by atoms with Crippen molar-refractivity contribution >= 4 is 0 Å². The SMILES string of the molecule is C=CC=CCCC[C@H](C)O. The lowest BCUT2D eigenvalue weighted by atomic mass is 10.2. The number of rotatable bonds is 5. The molecular weight excluding hydrogens is 124 g/mol. The summed E-state index contributed by atoms with van der Waals surface area (Å²) in [6.07, 6.45) is 8.59. The van der Waals surface area contributed by atoms with Gasteiger partial charge in [0.2, 0.25) is 0 Å². The highest BCUT2D eigenvalue weighted by atomic mass is 16.3. The number of unbranched alkanes of at least 4 members (excludes halogenated alkanes) is 1. The quantitative estimate of drug-likeness (QED) is 0.459. The van der Waals surface area contributed by atoms with Crippen molar-refractivity contribution in [3.63, 3.8) is 0 Å². The fourth-order valence-electron chi connectivity index (χ4n) is 0.724. The smallest absolute Gasteiger partial charge is 0.0512 e. The molecule has 0 unspecified atom stereocenters. The summed E-state index contributed by atoms with van der Waals surface area (Å²) in [5, 5.41) is 8.86. The molecule has 1 atom stereocenters. The Hall–Kier alpha value is -0.560. The van der Waals surface area contributed by atoms with Gasteiger partial charge < -0.3 is 5.11 Å². The molecule has 0 aliphatic heterocycles. The van der Waals surface area contributed by atoms with Crippen LogP contribution in [0.25, 0.3) is 0 Å². The second-order valence-corrected chi connectivity index (χ2v) is 2.44. The van der Waals surface area contributed by atoms with Gasteiger partial charge in [0.1, 0.15) is 0 Å². The molecule has 0 radical (unpaired) electrons. The fraction of sp³-hybridized carbons (Fsp3) is 0.556. The Labute approximate surface area is 63.1 Å². The van der Waals surface area contributed by atoms with Gasteiger partial charge >= 0.3 is 0 Å². The van der Waals surface area contributed by atoms with E-state index in [0.29, 0.717) is 0 Å². The van der Waals surface area contributed by atoms with Crippen LogP contribution in [0.3, 0.4) is 0 Å². The van der Waals surface area contributed by atoms with Gasteiger partial charge in [-0.1, -0.05) is 24.8 Å². The van der Waals surface area contributed by atoms with Crippen LogP contribution in [0.1, 0.15) is 26.2 Å². The number of hydrogen-bond donors (Lipinski definition) is 1. The van der Waals surface area contributed by atoms with E-state index in [1.807, 2.05) is 13.0 Å². The number of aliphatic hydroxyl groups excluding tert-OH is 1. The van der Waals surface area contributed by atoms with Gasteiger partial charge in [0.25, 0.3) is 0 Å². The van der Waals surface area contributed by atoms with E-state index < -0.39 is 0 Å². The Morgan fingerprint density at radius 3 is 2.80 bits per heavy atom. The first kappa shape index (κ1) is 9.44. The molecule has 0 aliphatic carbocycles. The molecule has 0 aromatic rings. The molecule has 58 valence electrons. The third-order valence-electron chi connectivity index (χ3n) is 1.26. The maximum absolute atomic E-state index is 8.86. The van der Waals surface area contributed by atoms with Crippen molar-refractivity contribution in [2.45, 2.75) is 32.3 Å². The van der Waals surface area contributed by atoms with Crippen LogP contribution in [0.2, 0.25) is 0 Å². The normalized spacial score (nSPS) is 13.8. The average Bonchev–Trinajstić information content (AvgIpc) is 1.87. The summed E-state index contributed by atoms with van der Waals surface area (Å²) in [4.78, 5) is 0. The van der Waals surface area contributed by atoms with Gasteiger partial charge in [0.05, 0.1) is 6.10 Å². The van der Waals surface area contributed by atoms with Crippen molar-refractivity contribution < 1.29 is 5.11 Å². The van der Waals surface area contributed by atoms with E-state index >= 15 is 0 Å². The van der Waals surface area contributed by atoms with E-state index in [0.717, 1.165) is 19.3 Å². The molecule has 1 heteroatoms. The molecule has 0 aromatic carbocycles. The van der Waals surface area contributed by atoms with Crippen molar-refractivity contribution in [1.29, 1.82) is 0 Å². The zero-order valence-electron chi connectivity index (χ0n) is 6.59. The number of aliphatic hydroxyl groups is 1. The summed E-state index contributed by atoms with van der Waals surface area (Å²) >= 11 is 0. The minimum Gasteiger partial charge on any atom is -0.393 e. The molecule has 1 N–H and O–H groups in total. The highest BCUT2D eigenvalue weighted by Gasteiger charge is 1.91. The van der Waals surface area contributed by atoms with Crippen molar-refractivity contribution in [3.8, 4) is 0 Å². The minimum absolute atomic E-state index is 0.155. The molecule has 0 rings (SSSR count). The number of hydrogen-bond acceptors (Lipinski definition) is 1. The molecular formula is C9H16O. The summed E-state index contributed by atoms with van der Waals surface area (Å²) < 4.78 is 0. The van der Waals surface area contributed by atoms with Gasteiger partial charge in [0, 0.05) is 0 Å². The predicted octanol–water partition coefficient (Wildman–Crippen LogP) is 2.28. The van der Waals surface area contributed by atoms with Gasteiger partial charge in [-0.2, -0.15) is 0 Å². The topological polar surface area (TPSA) is 20.2 Å². The lowest BCUT2D eigenvalue weighted by Gasteiger charge is -1.99. The Balaban J connectivity index is 3.04. The van der Waals surface area contributed by atoms with E-state index in [-0.39, 0.29) is 6.10 Å². The van der Waals surface area contributed by atoms with Crippen LogP contribution in [-0.2, 0) is 0 Å². The van der Waals surface area contributed by atoms with Crippen molar-refractivity contribution in [2.24, 2.45) is 0 Å². The van der Waals surface area contributed by atoms with Crippen molar-refractivity contribution in [3.05, 3.63) is 24.8 Å². The molecule has 0 spiro atoms. The van der Waals surface area contributed by atoms with Crippen LogP contribution in [0.5, 0.6) is 0 Å². The number of allylic oxidation sites excluding steroid dienone is 3. The van der Waals surface area contributed by atoms with Gasteiger partial charge in [-0.05, 0) is 26.2 Å². The highest BCUT2D eigenvalue weighted by Crippen LogP contribution is 2.00. The Kier molecular flexibility index (Phi) is 6.19. The molecule has 0 saturated heterocycles. The van der Waals surface area contributed by atoms with E-state index in [4.69, 9.17) is 5.11 Å². The van der Waals surface area contributed by atoms with Crippen LogP contribution >= 0.6 is 0 Å². The van der Waals surface area contributed by atoms with E-state index in [2.05, 4.69) is 12.7 Å². The molecule has 1 nitrogen and oxygen atoms in total. The summed E-state index contributed by atoms with van der Waals surface area (Å²) in [5.74, 6) is 0. The summed E-state index contributed by atoms with van der Waals surface area (Å²) in [6, 6.07) is 0. The summed E-state index contributed by atoms with van der Waals surface area (Å²) in [7, 11) is 0. The standard InChI is InChI=1S/C9H16O/c1-3-4-5-6-7-8-9(2)10/h3-5,9-10H,1,6-8H2,2H3/t9-/m0/s1. The lowest BCUT2D eigenvalue weighted by molar-refractivity contribution is 0.182. The highest BCUT2D eigenvalue weighted by molar-refractivity contribution is 4.96. The maximum Gasteiger partial charge on any atom is 0.0512 e. The van der Waals surface area contributed by atoms with Gasteiger partial charge in [0.15, 0.2) is 0 Å². The average molecular weight is 140 g/mol. The van der Waals surface area contributed by atoms with Gasteiger partial charge in [-0.25, -0.2) is 0 Å². The first-order chi connectivity index (χ1) is 4.77. The van der Waals surface area contributed by atoms with E-state index in [1.54, 1.807) is 6.08 Å². The molecule has 0 aliphatic rings. The molecule has 0 heterocycles. The molecule has 0 amide bonds. The van der Waals surface area contributed by atoms with Crippen molar-refractivity contribution in [1.82, 2.24) is 0 Å². The van der Waals surface area contributed by atoms with Crippen LogP contribution in [0, 0.1) is 0 Å². The molecule has 10 heavy (non-hydrogen) atoms. The Bertz CT molecular complexity index is 103. The van der Waals surface area contributed by atoms with E-state index in [9.17, 15) is 0 Å². The predicted molar refractivity (Wildman–Crippen MR) is 44.9 cm³/mol. The zero-order chi connectivity index (χ0) is 7.82. The summed E-state index contributed by atoms with van der Waals surface area (Å²) in [6.45, 7) is 5.37. The molecule has 0 fully saturated rings. The molecule has 0 saturated carbocycles. The zero-order valence-corrected chi connectivity index (χ0v) is 6.59. The third-order valence-corrected chi connectivity index (χ3v) is 1.26. The second kappa shape index (κ2) is 6.56. The second-order valence-electron chi connectivity index (χ2n) is 2.44. The van der Waals surface area contributed by atoms with Crippen molar-refractivity contribution in [2.75, 3.05) is 0 Å². The molecule has 0 bridgehead atoms. The van der Waals surface area contributed by atoms with Crippen LogP contribution in [-0.4, -0.2) is 11.2 Å².